The van der Waals surface area contributed by atoms with E-state index in [4.69, 9.17) is 9.47 Å². The average Bonchev–Trinajstić information content (AvgIpc) is 2.70. The van der Waals surface area contributed by atoms with Gasteiger partial charge in [0.2, 0.25) is 0 Å². The molecule has 0 amide bonds. The summed E-state index contributed by atoms with van der Waals surface area (Å²) in [6, 6.07) is 5.69. The van der Waals surface area contributed by atoms with Gasteiger partial charge in [-0.2, -0.15) is 0 Å². The van der Waals surface area contributed by atoms with Crippen molar-refractivity contribution in [3.8, 4) is 5.75 Å². The fourth-order valence-corrected chi connectivity index (χ4v) is 3.21. The maximum Gasteiger partial charge on any atom is 0.341 e. The Balaban J connectivity index is 2.17. The van der Waals surface area contributed by atoms with Crippen molar-refractivity contribution in [2.75, 3.05) is 21.3 Å². The van der Waals surface area contributed by atoms with Crippen molar-refractivity contribution in [3.63, 3.8) is 0 Å². The number of benzene rings is 1. The highest BCUT2D eigenvalue weighted by atomic mass is 16.5. The predicted octanol–water partition coefficient (Wildman–Crippen LogP) is 5.10. The molecule has 0 heterocycles. The molecule has 152 valence electrons. The molecule has 1 aromatic carbocycles. The Morgan fingerprint density at radius 3 is 1.93 bits per heavy atom. The van der Waals surface area contributed by atoms with Crippen LogP contribution in [-0.2, 0) is 20.7 Å². The quantitative estimate of drug-likeness (QED) is 0.333. The summed E-state index contributed by atoms with van der Waals surface area (Å²) in [5.74, 6) is 0.127. The molecule has 0 atom stereocenters. The van der Waals surface area contributed by atoms with Crippen LogP contribution in [0.1, 0.15) is 80.1 Å². The summed E-state index contributed by atoms with van der Waals surface area (Å²) in [4.78, 5) is 23.0. The number of hydrogen-bond donors (Lipinski definition) is 0. The molecule has 0 aromatic heterocycles. The third kappa shape index (κ3) is 8.94. The maximum atomic E-state index is 12.0. The van der Waals surface area contributed by atoms with Gasteiger partial charge in [-0.1, -0.05) is 57.1 Å². The molecule has 1 aromatic rings. The second kappa shape index (κ2) is 14.1. The standard InChI is InChI=1S/C22H34O5/c1-25-19-16-13-15-18(21(19)22(24)27-3)14-11-9-7-5-4-6-8-10-12-17-20(23)26-2/h13,15-16H,4-12,14,17H2,1-3H3. The lowest BCUT2D eigenvalue weighted by molar-refractivity contribution is -0.140. The highest BCUT2D eigenvalue weighted by Crippen LogP contribution is 2.25. The van der Waals surface area contributed by atoms with Gasteiger partial charge < -0.3 is 14.2 Å². The van der Waals surface area contributed by atoms with Crippen molar-refractivity contribution in [2.24, 2.45) is 0 Å². The van der Waals surface area contributed by atoms with Gasteiger partial charge in [0.05, 0.1) is 21.3 Å². The van der Waals surface area contributed by atoms with Crippen LogP contribution in [0.5, 0.6) is 5.75 Å². The van der Waals surface area contributed by atoms with Gasteiger partial charge in [-0.15, -0.1) is 0 Å². The number of ether oxygens (including phenoxy) is 3. The fourth-order valence-electron chi connectivity index (χ4n) is 3.21. The normalized spacial score (nSPS) is 10.5. The molecular formula is C22H34O5. The van der Waals surface area contributed by atoms with Crippen LogP contribution in [0, 0.1) is 0 Å². The minimum atomic E-state index is -0.338. The van der Waals surface area contributed by atoms with E-state index < -0.39 is 0 Å². The Kier molecular flexibility index (Phi) is 12.0. The fraction of sp³-hybridized carbons (Fsp3) is 0.636. The maximum absolute atomic E-state index is 12.0. The molecule has 0 bridgehead atoms. The number of hydrogen-bond acceptors (Lipinski definition) is 5. The van der Waals surface area contributed by atoms with Crippen molar-refractivity contribution in [1.82, 2.24) is 0 Å². The molecule has 27 heavy (non-hydrogen) atoms. The monoisotopic (exact) mass is 378 g/mol. The first-order valence-electron chi connectivity index (χ1n) is 9.95. The zero-order valence-corrected chi connectivity index (χ0v) is 17.1. The number of methoxy groups -OCH3 is 3. The van der Waals surface area contributed by atoms with Crippen molar-refractivity contribution in [1.29, 1.82) is 0 Å². The minimum Gasteiger partial charge on any atom is -0.496 e. The van der Waals surface area contributed by atoms with Gasteiger partial charge in [-0.3, -0.25) is 4.79 Å². The van der Waals surface area contributed by atoms with Crippen molar-refractivity contribution < 1.29 is 23.8 Å². The Labute approximate surface area is 163 Å². The van der Waals surface area contributed by atoms with Gasteiger partial charge in [-0.25, -0.2) is 4.79 Å². The van der Waals surface area contributed by atoms with Gasteiger partial charge in [0.15, 0.2) is 0 Å². The Bertz CT molecular complexity index is 568. The van der Waals surface area contributed by atoms with E-state index in [1.807, 2.05) is 12.1 Å². The lowest BCUT2D eigenvalue weighted by atomic mass is 9.99. The van der Waals surface area contributed by atoms with Crippen LogP contribution in [0.3, 0.4) is 0 Å². The van der Waals surface area contributed by atoms with Crippen LogP contribution in [0.2, 0.25) is 0 Å². The number of unbranched alkanes of at least 4 members (excludes halogenated alkanes) is 8. The molecule has 5 nitrogen and oxygen atoms in total. The minimum absolute atomic E-state index is 0.110. The van der Waals surface area contributed by atoms with Crippen LogP contribution < -0.4 is 4.74 Å². The lowest BCUT2D eigenvalue weighted by Crippen LogP contribution is -2.08. The number of carbonyl (C=O) groups excluding carboxylic acids is 2. The molecule has 1 rings (SSSR count). The van der Waals surface area contributed by atoms with E-state index in [0.29, 0.717) is 17.7 Å². The highest BCUT2D eigenvalue weighted by Gasteiger charge is 2.17. The van der Waals surface area contributed by atoms with Crippen LogP contribution in [0.15, 0.2) is 18.2 Å². The Hall–Kier alpha value is -2.04. The summed E-state index contributed by atoms with van der Waals surface area (Å²) in [6.45, 7) is 0. The van der Waals surface area contributed by atoms with E-state index >= 15 is 0 Å². The molecule has 0 unspecified atom stereocenters. The summed E-state index contributed by atoms with van der Waals surface area (Å²) in [7, 11) is 4.40. The van der Waals surface area contributed by atoms with E-state index in [9.17, 15) is 9.59 Å². The zero-order chi connectivity index (χ0) is 19.9. The molecule has 0 radical (unpaired) electrons. The van der Waals surface area contributed by atoms with E-state index in [1.165, 1.54) is 46.3 Å². The number of rotatable bonds is 14. The largest absolute Gasteiger partial charge is 0.496 e. The first-order chi connectivity index (χ1) is 13.1. The smallest absolute Gasteiger partial charge is 0.341 e. The first kappa shape index (κ1) is 23.0. The van der Waals surface area contributed by atoms with Crippen molar-refractivity contribution in [2.45, 2.75) is 70.6 Å². The average molecular weight is 379 g/mol. The van der Waals surface area contributed by atoms with Crippen LogP contribution in [-0.4, -0.2) is 33.3 Å². The molecule has 0 N–H and O–H groups in total. The van der Waals surface area contributed by atoms with Crippen LogP contribution in [0.4, 0.5) is 0 Å². The Morgan fingerprint density at radius 2 is 1.37 bits per heavy atom. The number of aryl methyl sites for hydroxylation is 1. The summed E-state index contributed by atoms with van der Waals surface area (Å²) in [6.07, 6.45) is 11.7. The van der Waals surface area contributed by atoms with Crippen LogP contribution in [0.25, 0.3) is 0 Å². The lowest BCUT2D eigenvalue weighted by Gasteiger charge is -2.12. The van der Waals surface area contributed by atoms with E-state index in [1.54, 1.807) is 13.2 Å². The molecule has 0 aliphatic rings. The van der Waals surface area contributed by atoms with E-state index in [2.05, 4.69) is 4.74 Å². The van der Waals surface area contributed by atoms with E-state index in [-0.39, 0.29) is 11.9 Å². The van der Waals surface area contributed by atoms with Gasteiger partial charge in [0, 0.05) is 6.42 Å². The predicted molar refractivity (Wildman–Crippen MR) is 106 cm³/mol. The van der Waals surface area contributed by atoms with Crippen molar-refractivity contribution in [3.05, 3.63) is 29.3 Å². The van der Waals surface area contributed by atoms with Gasteiger partial charge >= 0.3 is 11.9 Å². The molecule has 0 saturated heterocycles. The molecule has 5 heteroatoms. The molecule has 0 saturated carbocycles. The second-order valence-corrected chi connectivity index (χ2v) is 6.74. The SMILES string of the molecule is COC(=O)CCCCCCCCCCCc1cccc(OC)c1C(=O)OC. The first-order valence-corrected chi connectivity index (χ1v) is 9.95. The molecule has 0 fully saturated rings. The third-order valence-corrected chi connectivity index (χ3v) is 4.78. The second-order valence-electron chi connectivity index (χ2n) is 6.74. The number of esters is 2. The topological polar surface area (TPSA) is 61.8 Å². The molecule has 0 spiro atoms. The summed E-state index contributed by atoms with van der Waals surface area (Å²) >= 11 is 0. The Morgan fingerprint density at radius 1 is 0.778 bits per heavy atom. The van der Waals surface area contributed by atoms with E-state index in [0.717, 1.165) is 37.7 Å². The van der Waals surface area contributed by atoms with Crippen molar-refractivity contribution >= 4 is 11.9 Å². The molecule has 0 aliphatic heterocycles. The summed E-state index contributed by atoms with van der Waals surface area (Å²) in [5.41, 5.74) is 1.54. The van der Waals surface area contributed by atoms with Gasteiger partial charge in [0.25, 0.3) is 0 Å². The summed E-state index contributed by atoms with van der Waals surface area (Å²) in [5, 5.41) is 0. The molecular weight excluding hydrogens is 344 g/mol. The third-order valence-electron chi connectivity index (χ3n) is 4.78. The van der Waals surface area contributed by atoms with Crippen LogP contribution >= 0.6 is 0 Å². The van der Waals surface area contributed by atoms with Gasteiger partial charge in [0.1, 0.15) is 11.3 Å². The summed E-state index contributed by atoms with van der Waals surface area (Å²) < 4.78 is 14.8. The number of carbonyl (C=O) groups is 2. The molecule has 0 aliphatic carbocycles. The zero-order valence-electron chi connectivity index (χ0n) is 17.1. The van der Waals surface area contributed by atoms with Gasteiger partial charge in [-0.05, 0) is 30.9 Å². The highest BCUT2D eigenvalue weighted by molar-refractivity contribution is 5.94.